The molecule has 2 fully saturated rings. The van der Waals surface area contributed by atoms with Gasteiger partial charge in [-0.05, 0) is 48.3 Å². The molecule has 0 aromatic heterocycles. The van der Waals surface area contributed by atoms with E-state index in [0.717, 1.165) is 31.1 Å². The number of halogens is 1. The Hall–Kier alpha value is -1.14. The van der Waals surface area contributed by atoms with Gasteiger partial charge < -0.3 is 21.1 Å². The van der Waals surface area contributed by atoms with Crippen LogP contribution < -0.4 is 16.0 Å². The quantitative estimate of drug-likeness (QED) is 0.437. The Morgan fingerprint density at radius 1 is 1.14 bits per heavy atom. The third kappa shape index (κ3) is 6.95. The average molecular weight is 422 g/mol. The Morgan fingerprint density at radius 2 is 1.86 bits per heavy atom. The van der Waals surface area contributed by atoms with Crippen LogP contribution in [0.15, 0.2) is 18.2 Å². The van der Waals surface area contributed by atoms with Crippen LogP contribution in [0.5, 0.6) is 0 Å². The lowest BCUT2D eigenvalue weighted by Gasteiger charge is -2.45. The SMILES string of the molecule is O=C(NCC12CCCC(CCC1)C2)c1cc(CNCCNCCO)ccc1Cl.[CH2]. The maximum Gasteiger partial charge on any atom is 0.252 e. The van der Waals surface area contributed by atoms with Crippen LogP contribution in [0.2, 0.25) is 5.02 Å². The Morgan fingerprint density at radius 3 is 2.59 bits per heavy atom. The van der Waals surface area contributed by atoms with Crippen LogP contribution in [0.3, 0.4) is 0 Å². The summed E-state index contributed by atoms with van der Waals surface area (Å²) in [5.74, 6) is 0.808. The topological polar surface area (TPSA) is 73.4 Å². The normalized spacial score (nSPS) is 23.3. The van der Waals surface area contributed by atoms with Crippen LogP contribution in [0.1, 0.15) is 60.9 Å². The fourth-order valence-electron chi connectivity index (χ4n) is 4.90. The van der Waals surface area contributed by atoms with Crippen LogP contribution in [-0.2, 0) is 6.54 Å². The largest absolute Gasteiger partial charge is 0.395 e. The van der Waals surface area contributed by atoms with Crippen molar-refractivity contribution in [2.24, 2.45) is 11.3 Å². The van der Waals surface area contributed by atoms with Crippen LogP contribution in [0.4, 0.5) is 0 Å². The average Bonchev–Trinajstić information content (AvgIpc) is 2.70. The van der Waals surface area contributed by atoms with Crippen molar-refractivity contribution in [3.05, 3.63) is 41.8 Å². The Labute approximate surface area is 181 Å². The molecule has 29 heavy (non-hydrogen) atoms. The minimum Gasteiger partial charge on any atom is -0.395 e. The first-order valence-corrected chi connectivity index (χ1v) is 11.1. The summed E-state index contributed by atoms with van der Waals surface area (Å²) in [5, 5.41) is 18.9. The van der Waals surface area contributed by atoms with E-state index in [9.17, 15) is 4.79 Å². The number of hydrogen-bond acceptors (Lipinski definition) is 4. The summed E-state index contributed by atoms with van der Waals surface area (Å²) in [6.45, 7) is 3.81. The molecule has 2 aliphatic carbocycles. The molecule has 3 rings (SSSR count). The first-order valence-electron chi connectivity index (χ1n) is 10.7. The number of amides is 1. The molecule has 0 heterocycles. The van der Waals surface area contributed by atoms with Crippen molar-refractivity contribution < 1.29 is 9.90 Å². The Bertz CT molecular complexity index is 643. The number of aliphatic hydroxyl groups excluding tert-OH is 1. The number of benzene rings is 1. The predicted molar refractivity (Wildman–Crippen MR) is 119 cm³/mol. The number of carbonyl (C=O) groups excluding carboxylic acids is 1. The molecule has 0 unspecified atom stereocenters. The van der Waals surface area contributed by atoms with Crippen molar-refractivity contribution in [1.82, 2.24) is 16.0 Å². The molecule has 1 aromatic carbocycles. The lowest BCUT2D eigenvalue weighted by Crippen LogP contribution is -2.43. The summed E-state index contributed by atoms with van der Waals surface area (Å²) in [5.41, 5.74) is 1.92. The molecule has 2 radical (unpaired) electrons. The van der Waals surface area contributed by atoms with Gasteiger partial charge in [0, 0.05) is 32.7 Å². The smallest absolute Gasteiger partial charge is 0.252 e. The van der Waals surface area contributed by atoms with E-state index in [1.54, 1.807) is 0 Å². The van der Waals surface area contributed by atoms with Gasteiger partial charge in [0.05, 0.1) is 17.2 Å². The standard InChI is InChI=1S/C22H34ClN3O2.CH2/c23-20-6-5-18(15-25-10-9-24-11-12-27)13-19(20)21(28)26-16-22-7-1-3-17(14-22)4-2-8-22;/h5-6,13,17,24-25,27H,1-4,7-12,14-16H2,(H,26,28);1H2. The van der Waals surface area contributed by atoms with E-state index in [4.69, 9.17) is 16.7 Å². The molecule has 4 N–H and O–H groups in total. The lowest BCUT2D eigenvalue weighted by atomic mass is 9.62. The van der Waals surface area contributed by atoms with Crippen LogP contribution in [0, 0.1) is 18.8 Å². The molecular weight excluding hydrogens is 386 g/mol. The highest BCUT2D eigenvalue weighted by atomic mass is 35.5. The molecule has 0 saturated heterocycles. The highest BCUT2D eigenvalue weighted by Gasteiger charge is 2.39. The maximum absolute atomic E-state index is 12.8. The maximum atomic E-state index is 12.8. The Balaban J connectivity index is 0.00000300. The van der Waals surface area contributed by atoms with E-state index < -0.39 is 0 Å². The second-order valence-corrected chi connectivity index (χ2v) is 8.91. The number of aliphatic hydroxyl groups is 1. The first kappa shape index (κ1) is 24.1. The highest BCUT2D eigenvalue weighted by Crippen LogP contribution is 2.48. The summed E-state index contributed by atoms with van der Waals surface area (Å²) >= 11 is 6.32. The van der Waals surface area contributed by atoms with Crippen molar-refractivity contribution in [3.63, 3.8) is 0 Å². The number of rotatable bonds is 10. The molecule has 2 saturated carbocycles. The van der Waals surface area contributed by atoms with Crippen LogP contribution >= 0.6 is 11.6 Å². The minimum absolute atomic E-state index is 0. The van der Waals surface area contributed by atoms with E-state index in [1.807, 2.05) is 18.2 Å². The number of nitrogens with one attached hydrogen (secondary N) is 3. The fourth-order valence-corrected chi connectivity index (χ4v) is 5.11. The van der Waals surface area contributed by atoms with Crippen molar-refractivity contribution in [2.45, 2.75) is 51.5 Å². The summed E-state index contributed by atoms with van der Waals surface area (Å²) in [7, 11) is 0. The van der Waals surface area contributed by atoms with Gasteiger partial charge in [-0.2, -0.15) is 0 Å². The first-order chi connectivity index (χ1) is 13.6. The highest BCUT2D eigenvalue weighted by molar-refractivity contribution is 6.33. The van der Waals surface area contributed by atoms with E-state index in [2.05, 4.69) is 16.0 Å². The van der Waals surface area contributed by atoms with E-state index >= 15 is 0 Å². The summed E-state index contributed by atoms with van der Waals surface area (Å²) in [6.07, 6.45) is 9.09. The minimum atomic E-state index is -0.0569. The van der Waals surface area contributed by atoms with Gasteiger partial charge in [-0.3, -0.25) is 4.79 Å². The van der Waals surface area contributed by atoms with Gasteiger partial charge in [0.15, 0.2) is 0 Å². The number of carbonyl (C=O) groups is 1. The molecule has 0 spiro atoms. The van der Waals surface area contributed by atoms with Gasteiger partial charge in [0.1, 0.15) is 0 Å². The second kappa shape index (κ2) is 11.9. The van der Waals surface area contributed by atoms with Gasteiger partial charge in [-0.15, -0.1) is 0 Å². The molecule has 1 aromatic rings. The number of fused-ring (bicyclic) bond motifs is 2. The van der Waals surface area contributed by atoms with Gasteiger partial charge >= 0.3 is 0 Å². The van der Waals surface area contributed by atoms with Crippen LogP contribution in [-0.4, -0.2) is 43.8 Å². The molecule has 162 valence electrons. The third-order valence-corrected chi connectivity index (χ3v) is 6.69. The van der Waals surface area contributed by atoms with Crippen molar-refractivity contribution >= 4 is 17.5 Å². The lowest BCUT2D eigenvalue weighted by molar-refractivity contribution is 0.0681. The zero-order valence-electron chi connectivity index (χ0n) is 17.4. The molecule has 5 nitrogen and oxygen atoms in total. The van der Waals surface area contributed by atoms with Gasteiger partial charge in [-0.1, -0.05) is 50.8 Å². The Kier molecular flexibility index (Phi) is 9.90. The molecule has 2 bridgehead atoms. The van der Waals surface area contributed by atoms with Crippen LogP contribution in [0.25, 0.3) is 0 Å². The second-order valence-electron chi connectivity index (χ2n) is 8.50. The number of hydrogen-bond donors (Lipinski definition) is 4. The molecule has 0 aliphatic heterocycles. The zero-order chi connectivity index (χ0) is 19.8. The molecular formula is C23H36ClN3O2. The van der Waals surface area contributed by atoms with Gasteiger partial charge in [0.2, 0.25) is 0 Å². The van der Waals surface area contributed by atoms with Crippen molar-refractivity contribution in [1.29, 1.82) is 0 Å². The molecule has 2 aliphatic rings. The van der Waals surface area contributed by atoms with E-state index in [1.165, 1.54) is 44.9 Å². The van der Waals surface area contributed by atoms with Gasteiger partial charge in [-0.25, -0.2) is 0 Å². The summed E-state index contributed by atoms with van der Waals surface area (Å²) in [6, 6.07) is 5.67. The predicted octanol–water partition coefficient (Wildman–Crippen LogP) is 3.43. The van der Waals surface area contributed by atoms with E-state index in [-0.39, 0.29) is 19.9 Å². The van der Waals surface area contributed by atoms with E-state index in [0.29, 0.717) is 29.1 Å². The third-order valence-electron chi connectivity index (χ3n) is 6.36. The summed E-state index contributed by atoms with van der Waals surface area (Å²) in [4.78, 5) is 12.8. The zero-order valence-corrected chi connectivity index (χ0v) is 18.2. The van der Waals surface area contributed by atoms with Crippen molar-refractivity contribution in [3.8, 4) is 0 Å². The molecule has 0 atom stereocenters. The molecule has 1 amide bonds. The molecule has 6 heteroatoms. The van der Waals surface area contributed by atoms with Crippen molar-refractivity contribution in [2.75, 3.05) is 32.8 Å². The monoisotopic (exact) mass is 421 g/mol. The fraction of sp³-hybridized carbons (Fsp3) is 0.652. The van der Waals surface area contributed by atoms with Gasteiger partial charge in [0.25, 0.3) is 5.91 Å². The summed E-state index contributed by atoms with van der Waals surface area (Å²) < 4.78 is 0.